The Morgan fingerprint density at radius 1 is 0.437 bits per heavy atom. The number of rotatable bonds is 4. The molecule has 1 radical (unpaired) electrons. The first-order valence-electron chi connectivity index (χ1n) is 26.5. The maximum atomic E-state index is 4.16. The van der Waals surface area contributed by atoms with Gasteiger partial charge in [0.1, 0.15) is 0 Å². The molecule has 2 aromatic heterocycles. The van der Waals surface area contributed by atoms with Crippen molar-refractivity contribution in [3.8, 4) is 11.1 Å². The topological polar surface area (TPSA) is 15.3 Å². The molecule has 71 heavy (non-hydrogen) atoms. The molecule has 2 nitrogen and oxygen atoms in total. The summed E-state index contributed by atoms with van der Waals surface area (Å²) < 4.78 is 5.28. The third-order valence-corrected chi connectivity index (χ3v) is 20.7. The van der Waals surface area contributed by atoms with Crippen LogP contribution in [0.15, 0.2) is 115 Å². The van der Waals surface area contributed by atoms with Crippen molar-refractivity contribution in [2.75, 3.05) is 10.2 Å². The Hall–Kier alpha value is -5.36. The minimum Gasteiger partial charge on any atom is -0.355 e. The van der Waals surface area contributed by atoms with E-state index in [1.165, 1.54) is 151 Å². The molecule has 0 bridgehead atoms. The summed E-state index contributed by atoms with van der Waals surface area (Å²) in [5.74, 6) is 0. The van der Waals surface area contributed by atoms with Crippen LogP contribution in [0.2, 0.25) is 0 Å². The zero-order valence-electron chi connectivity index (χ0n) is 44.1. The monoisotopic (exact) mass is 963 g/mol. The van der Waals surface area contributed by atoms with Gasteiger partial charge in [-0.2, -0.15) is 0 Å². The third kappa shape index (κ3) is 6.91. The summed E-state index contributed by atoms with van der Waals surface area (Å²) in [6, 6.07) is 45.8. The predicted molar refractivity (Wildman–Crippen MR) is 313 cm³/mol. The molecule has 3 heterocycles. The molecule has 0 saturated heterocycles. The van der Waals surface area contributed by atoms with Gasteiger partial charge >= 0.3 is 0 Å². The molecule has 9 aromatic rings. The number of fused-ring (bicyclic) bond motifs is 12. The van der Waals surface area contributed by atoms with Gasteiger partial charge in [0.2, 0.25) is 0 Å². The molecule has 7 aromatic carbocycles. The Balaban J connectivity index is 1.13. The molecular weight excluding hydrogens is 896 g/mol. The molecular formula is C66H68BN2S2. The average molecular weight is 964 g/mol. The van der Waals surface area contributed by atoms with Crippen molar-refractivity contribution in [1.29, 1.82) is 0 Å². The van der Waals surface area contributed by atoms with Gasteiger partial charge in [0.15, 0.2) is 7.28 Å². The normalized spacial score (nSPS) is 19.7. The van der Waals surface area contributed by atoms with E-state index < -0.39 is 0 Å². The number of hydrogen-bond acceptors (Lipinski definition) is 4. The van der Waals surface area contributed by atoms with Crippen molar-refractivity contribution < 1.29 is 0 Å². The molecule has 0 unspecified atom stereocenters. The van der Waals surface area contributed by atoms with Gasteiger partial charge in [0.05, 0.1) is 5.69 Å². The fourth-order valence-corrected chi connectivity index (χ4v) is 15.9. The van der Waals surface area contributed by atoms with Gasteiger partial charge in [-0.1, -0.05) is 143 Å². The van der Waals surface area contributed by atoms with Crippen molar-refractivity contribution in [2.24, 2.45) is 0 Å². The van der Waals surface area contributed by atoms with Crippen LogP contribution < -0.4 is 21.1 Å². The molecule has 0 atom stereocenters. The highest BCUT2D eigenvalue weighted by atomic mass is 32.1. The first-order valence-corrected chi connectivity index (χ1v) is 28.1. The predicted octanol–water partition coefficient (Wildman–Crippen LogP) is 18.3. The second-order valence-electron chi connectivity index (χ2n) is 26.0. The lowest BCUT2D eigenvalue weighted by Gasteiger charge is -2.45. The molecule has 0 spiro atoms. The summed E-state index contributed by atoms with van der Waals surface area (Å²) in [5, 5.41) is 9.47. The van der Waals surface area contributed by atoms with E-state index in [1.54, 1.807) is 0 Å². The van der Waals surface area contributed by atoms with Crippen LogP contribution in [0.1, 0.15) is 155 Å². The molecule has 5 heteroatoms. The number of hydrogen-bond donors (Lipinski definition) is 1. The summed E-state index contributed by atoms with van der Waals surface area (Å²) in [4.78, 5) is 2.73. The van der Waals surface area contributed by atoms with Gasteiger partial charge in [-0.3, -0.25) is 0 Å². The van der Waals surface area contributed by atoms with Crippen LogP contribution in [0.4, 0.5) is 28.4 Å². The number of benzene rings is 7. The van der Waals surface area contributed by atoms with Crippen molar-refractivity contribution >= 4 is 110 Å². The van der Waals surface area contributed by atoms with E-state index in [9.17, 15) is 0 Å². The Morgan fingerprint density at radius 3 is 1.61 bits per heavy atom. The highest BCUT2D eigenvalue weighted by Gasteiger charge is 2.43. The van der Waals surface area contributed by atoms with Gasteiger partial charge < -0.3 is 10.2 Å². The van der Waals surface area contributed by atoms with Crippen LogP contribution in [-0.4, -0.2) is 7.28 Å². The van der Waals surface area contributed by atoms with Crippen molar-refractivity contribution in [3.63, 3.8) is 0 Å². The summed E-state index contributed by atoms with van der Waals surface area (Å²) in [7, 11) is 2.59. The minimum absolute atomic E-state index is 0.0564. The van der Waals surface area contributed by atoms with E-state index in [0.717, 1.165) is 11.4 Å². The van der Waals surface area contributed by atoms with Crippen LogP contribution in [0.25, 0.3) is 51.5 Å². The lowest BCUT2D eigenvalue weighted by atomic mass is 9.55. The Bertz CT molecular complexity index is 3740. The highest BCUT2D eigenvalue weighted by Crippen LogP contribution is 2.55. The molecule has 1 N–H and O–H groups in total. The lowest BCUT2D eigenvalue weighted by molar-refractivity contribution is 0.332. The highest BCUT2D eigenvalue weighted by molar-refractivity contribution is 7.26. The molecule has 4 aliphatic rings. The van der Waals surface area contributed by atoms with Gasteiger partial charge in [0, 0.05) is 68.7 Å². The Labute approximate surface area is 431 Å². The molecule has 13 rings (SSSR count). The molecule has 0 saturated carbocycles. The van der Waals surface area contributed by atoms with Crippen molar-refractivity contribution in [3.05, 3.63) is 149 Å². The molecule has 0 fully saturated rings. The minimum atomic E-state index is 0.0564. The van der Waals surface area contributed by atoms with Gasteiger partial charge in [-0.05, 0) is 176 Å². The average Bonchev–Trinajstić information content (AvgIpc) is 3.89. The van der Waals surface area contributed by atoms with E-state index in [2.05, 4.69) is 216 Å². The van der Waals surface area contributed by atoms with E-state index in [0.29, 0.717) is 0 Å². The van der Waals surface area contributed by atoms with Crippen LogP contribution in [0, 0.1) is 0 Å². The number of nitrogens with zero attached hydrogens (tertiary/aromatic N) is 1. The standard InChI is InChI=1S/C66H68BN2S2/c1-61(2)25-27-63(5,6)47-31-38(21-23-45(47)61)68-52-37-56-43(40-17-13-15-19-54(40)70-56)33-42(52)44-34-57-58(41-18-14-16-20-55(41)71-57)60-59(44)67-51-35-49-50(66(11,12)30-29-65(49,9)10)36-53(51)69(60)39-22-24-46-48(32-39)64(7,8)28-26-62(46,3)4/h13-24,31-37,68H,25-30H2,1-12H3. The van der Waals surface area contributed by atoms with E-state index in [4.69, 9.17) is 0 Å². The van der Waals surface area contributed by atoms with Crippen molar-refractivity contribution in [1.82, 2.24) is 0 Å². The fourth-order valence-electron chi connectivity index (χ4n) is 13.6. The largest absolute Gasteiger partial charge is 0.355 e. The maximum Gasteiger partial charge on any atom is 0.197 e. The first-order chi connectivity index (χ1) is 33.6. The lowest BCUT2D eigenvalue weighted by Crippen LogP contribution is -2.44. The smallest absolute Gasteiger partial charge is 0.197 e. The second-order valence-corrected chi connectivity index (χ2v) is 28.2. The van der Waals surface area contributed by atoms with E-state index in [1.807, 2.05) is 22.7 Å². The summed E-state index contributed by atoms with van der Waals surface area (Å²) >= 11 is 3.84. The third-order valence-electron chi connectivity index (χ3n) is 18.5. The fraction of sp³-hybridized carbons (Fsp3) is 0.364. The SMILES string of the molecule is CC1(C)CCC(C)(C)c2cc(Nc3cc4sc5ccccc5c4cc3-c3cc4sc5ccccc5c4c4c3[B]c3cc5c(cc3N4c3ccc4c(c3)C(C)(C)CCC4(C)C)C(C)(C)CCC5(C)C)ccc21. The van der Waals surface area contributed by atoms with Crippen LogP contribution in [0.5, 0.6) is 0 Å². The van der Waals surface area contributed by atoms with E-state index in [-0.39, 0.29) is 32.5 Å². The van der Waals surface area contributed by atoms with Crippen LogP contribution >= 0.6 is 22.7 Å². The number of nitrogens with one attached hydrogen (secondary N) is 1. The van der Waals surface area contributed by atoms with E-state index >= 15 is 0 Å². The number of thiophene rings is 2. The zero-order valence-corrected chi connectivity index (χ0v) is 45.7. The summed E-state index contributed by atoms with van der Waals surface area (Å²) in [5.41, 5.74) is 20.7. The Kier molecular flexibility index (Phi) is 9.68. The molecule has 1 aliphatic heterocycles. The van der Waals surface area contributed by atoms with Crippen LogP contribution in [0.3, 0.4) is 0 Å². The van der Waals surface area contributed by atoms with Gasteiger partial charge in [0.25, 0.3) is 0 Å². The summed E-state index contributed by atoms with van der Waals surface area (Å²) in [6.07, 6.45) is 7.10. The quantitative estimate of drug-likeness (QED) is 0.177. The Morgan fingerprint density at radius 2 is 0.958 bits per heavy atom. The van der Waals surface area contributed by atoms with Gasteiger partial charge in [-0.25, -0.2) is 0 Å². The maximum absolute atomic E-state index is 4.16. The zero-order chi connectivity index (χ0) is 49.4. The first kappa shape index (κ1) is 45.5. The summed E-state index contributed by atoms with van der Waals surface area (Å²) in [6.45, 7) is 29.5. The van der Waals surface area contributed by atoms with Crippen LogP contribution in [-0.2, 0) is 32.5 Å². The van der Waals surface area contributed by atoms with Gasteiger partial charge in [-0.15, -0.1) is 22.7 Å². The number of anilines is 5. The molecule has 0 amide bonds. The van der Waals surface area contributed by atoms with Crippen molar-refractivity contribution in [2.45, 2.75) is 154 Å². The second kappa shape index (κ2) is 15.1. The molecule has 3 aliphatic carbocycles. The molecule has 357 valence electrons.